The van der Waals surface area contributed by atoms with E-state index in [0.29, 0.717) is 6.42 Å². The zero-order valence-corrected chi connectivity index (χ0v) is 28.3. The second kappa shape index (κ2) is 12.7. The van der Waals surface area contributed by atoms with Gasteiger partial charge in [-0.15, -0.1) is 0 Å². The summed E-state index contributed by atoms with van der Waals surface area (Å²) < 4.78 is 0. The van der Waals surface area contributed by atoms with E-state index in [-0.39, 0.29) is 11.8 Å². The predicted molar refractivity (Wildman–Crippen MR) is 198 cm³/mol. The molecule has 3 aliphatic carbocycles. The quantitative estimate of drug-likeness (QED) is 0.206. The first-order chi connectivity index (χ1) is 22.8. The summed E-state index contributed by atoms with van der Waals surface area (Å²) in [5.74, 6) is 0.243. The van der Waals surface area contributed by atoms with Crippen molar-refractivity contribution in [3.8, 4) is 0 Å². The van der Waals surface area contributed by atoms with Gasteiger partial charge in [-0.3, -0.25) is 4.79 Å². The van der Waals surface area contributed by atoms with Gasteiger partial charge >= 0.3 is 0 Å². The van der Waals surface area contributed by atoms with Crippen LogP contribution < -0.4 is 9.80 Å². The fourth-order valence-corrected chi connectivity index (χ4v) is 7.53. The van der Waals surface area contributed by atoms with Gasteiger partial charge in [-0.25, -0.2) is 0 Å². The second-order valence-corrected chi connectivity index (χ2v) is 13.4. The Morgan fingerprint density at radius 3 is 1.83 bits per heavy atom. The minimum Gasteiger partial charge on any atom is -0.338 e. The van der Waals surface area contributed by atoms with E-state index >= 15 is 0 Å². The lowest BCUT2D eigenvalue weighted by molar-refractivity contribution is 0.0980. The monoisotopic (exact) mass is 616 g/mol. The van der Waals surface area contributed by atoms with Gasteiger partial charge in [-0.05, 0) is 113 Å². The fraction of sp³-hybridized carbons (Fsp3) is 0.250. The molecule has 0 bridgehead atoms. The molecule has 7 rings (SSSR count). The topological polar surface area (TPSA) is 23.6 Å². The smallest absolute Gasteiger partial charge is 0.164 e. The number of hydrogen-bond donors (Lipinski definition) is 0. The van der Waals surface area contributed by atoms with Gasteiger partial charge < -0.3 is 9.80 Å². The lowest BCUT2D eigenvalue weighted by Gasteiger charge is -2.40. The summed E-state index contributed by atoms with van der Waals surface area (Å²) in [6.45, 7) is 10.7. The molecule has 0 fully saturated rings. The number of carbonyl (C=O) groups is 1. The van der Waals surface area contributed by atoms with E-state index < -0.39 is 0 Å². The van der Waals surface area contributed by atoms with Crippen molar-refractivity contribution in [3.05, 3.63) is 159 Å². The molecule has 0 spiro atoms. The second-order valence-electron chi connectivity index (χ2n) is 13.4. The van der Waals surface area contributed by atoms with Crippen LogP contribution in [0, 0.1) is 20.8 Å². The summed E-state index contributed by atoms with van der Waals surface area (Å²) in [5.41, 5.74) is 16.5. The number of hydrogen-bond acceptors (Lipinski definition) is 3. The first-order valence-corrected chi connectivity index (χ1v) is 17.0. The summed E-state index contributed by atoms with van der Waals surface area (Å²) in [7, 11) is 0. The van der Waals surface area contributed by atoms with Crippen LogP contribution in [0.25, 0.3) is 11.3 Å². The van der Waals surface area contributed by atoms with Gasteiger partial charge in [0.15, 0.2) is 5.78 Å². The minimum absolute atomic E-state index is 0.236. The van der Waals surface area contributed by atoms with Crippen LogP contribution >= 0.6 is 0 Å². The van der Waals surface area contributed by atoms with Gasteiger partial charge in [0.25, 0.3) is 0 Å². The predicted octanol–water partition coefficient (Wildman–Crippen LogP) is 11.2. The number of allylic oxidation sites excluding steroid dienone is 5. The maximum atomic E-state index is 14.2. The van der Waals surface area contributed by atoms with Crippen molar-refractivity contribution < 1.29 is 4.79 Å². The SMILES string of the molecule is C/C=C(\c1ccc2c3c1C(=O)CCC3=C(N(c1ccc(C)cc1)C1C=CC(C)=CC1)CC2)N(c1ccc(C)cc1)c1ccc(C)cc1. The molecule has 47 heavy (non-hydrogen) atoms. The molecule has 0 aliphatic heterocycles. The molecule has 0 N–H and O–H groups in total. The average molecular weight is 617 g/mol. The number of nitrogens with zero attached hydrogens (tertiary/aromatic N) is 2. The number of aryl methyl sites for hydroxylation is 4. The van der Waals surface area contributed by atoms with Gasteiger partial charge in [0.2, 0.25) is 0 Å². The highest BCUT2D eigenvalue weighted by Gasteiger charge is 2.35. The molecule has 236 valence electrons. The maximum absolute atomic E-state index is 14.2. The summed E-state index contributed by atoms with van der Waals surface area (Å²) in [6.07, 6.45) is 13.3. The summed E-state index contributed by atoms with van der Waals surface area (Å²) in [5, 5.41) is 0. The van der Waals surface area contributed by atoms with E-state index in [9.17, 15) is 4.79 Å². The Hall–Kier alpha value is -4.89. The van der Waals surface area contributed by atoms with E-state index in [2.05, 4.69) is 154 Å². The minimum atomic E-state index is 0.236. The van der Waals surface area contributed by atoms with Gasteiger partial charge in [0.05, 0.1) is 6.04 Å². The fourth-order valence-electron chi connectivity index (χ4n) is 7.53. The third-order valence-corrected chi connectivity index (χ3v) is 10.0. The van der Waals surface area contributed by atoms with Gasteiger partial charge in [0, 0.05) is 46.0 Å². The first kappa shape index (κ1) is 30.7. The molecule has 1 atom stereocenters. The number of carbonyl (C=O) groups excluding carboxylic acids is 1. The Bertz CT molecular complexity index is 1910. The van der Waals surface area contributed by atoms with Gasteiger partial charge in [0.1, 0.15) is 0 Å². The van der Waals surface area contributed by atoms with Crippen LogP contribution in [0.5, 0.6) is 0 Å². The highest BCUT2D eigenvalue weighted by Crippen LogP contribution is 2.47. The Labute approximate surface area is 280 Å². The highest BCUT2D eigenvalue weighted by molar-refractivity contribution is 6.10. The maximum Gasteiger partial charge on any atom is 0.164 e. The lowest BCUT2D eigenvalue weighted by atomic mass is 9.75. The van der Waals surface area contributed by atoms with Crippen LogP contribution in [0.15, 0.2) is 121 Å². The molecule has 1 unspecified atom stereocenters. The number of benzene rings is 4. The van der Waals surface area contributed by atoms with E-state index in [1.165, 1.54) is 50.3 Å². The molecule has 0 radical (unpaired) electrons. The number of Topliss-reactive ketones (excluding diaryl/α,β-unsaturated/α-hetero) is 1. The molecule has 0 aromatic heterocycles. The van der Waals surface area contributed by atoms with Crippen molar-refractivity contribution >= 4 is 34.1 Å². The summed E-state index contributed by atoms with van der Waals surface area (Å²) in [4.78, 5) is 19.1. The zero-order chi connectivity index (χ0) is 32.7. The zero-order valence-electron chi connectivity index (χ0n) is 28.3. The van der Waals surface area contributed by atoms with Crippen molar-refractivity contribution in [3.63, 3.8) is 0 Å². The Morgan fingerprint density at radius 1 is 0.681 bits per heavy atom. The molecular weight excluding hydrogens is 572 g/mol. The molecule has 0 saturated heterocycles. The molecule has 4 aromatic carbocycles. The van der Waals surface area contributed by atoms with Crippen LogP contribution in [0.4, 0.5) is 17.1 Å². The molecule has 3 aliphatic rings. The van der Waals surface area contributed by atoms with Crippen LogP contribution in [0.1, 0.15) is 83.3 Å². The lowest BCUT2D eigenvalue weighted by Crippen LogP contribution is -2.36. The standard InChI is InChI=1S/C44H44N2O/c1-6-40(45(34-17-7-29(2)8-18-34)35-19-9-30(3)10-20-35)38-25-15-33-16-27-41(39-26-28-42(47)44(38)43(33)39)46(36-21-11-31(4)12-22-36)37-23-13-32(5)14-24-37/h6-15,17-23,25,37H,16,24,26-28H2,1-5H3/b40-6+. The van der Waals surface area contributed by atoms with E-state index in [0.717, 1.165) is 53.9 Å². The van der Waals surface area contributed by atoms with Crippen LogP contribution in [0.3, 0.4) is 0 Å². The highest BCUT2D eigenvalue weighted by atomic mass is 16.1. The third kappa shape index (κ3) is 5.80. The molecule has 0 amide bonds. The third-order valence-electron chi connectivity index (χ3n) is 10.0. The number of rotatable bonds is 7. The van der Waals surface area contributed by atoms with E-state index in [1.54, 1.807) is 0 Å². The molecular formula is C44H44N2O. The van der Waals surface area contributed by atoms with Crippen LogP contribution in [0.2, 0.25) is 0 Å². The summed E-state index contributed by atoms with van der Waals surface area (Å²) in [6, 6.07) is 31.1. The Balaban J connectivity index is 1.41. The number of ketones is 1. The Kier molecular flexibility index (Phi) is 8.32. The normalized spacial score (nSPS) is 17.4. The molecule has 3 heteroatoms. The summed E-state index contributed by atoms with van der Waals surface area (Å²) >= 11 is 0. The van der Waals surface area contributed by atoms with Crippen molar-refractivity contribution in [2.75, 3.05) is 9.80 Å². The Morgan fingerprint density at radius 2 is 1.28 bits per heavy atom. The molecule has 4 aromatic rings. The van der Waals surface area contributed by atoms with Crippen molar-refractivity contribution in [2.24, 2.45) is 0 Å². The van der Waals surface area contributed by atoms with Gasteiger partial charge in [-0.2, -0.15) is 0 Å². The van der Waals surface area contributed by atoms with Crippen LogP contribution in [-0.2, 0) is 6.42 Å². The molecule has 0 saturated carbocycles. The molecule has 0 heterocycles. The molecule has 3 nitrogen and oxygen atoms in total. The number of anilines is 3. The average Bonchev–Trinajstić information content (AvgIpc) is 3.08. The van der Waals surface area contributed by atoms with Crippen molar-refractivity contribution in [1.82, 2.24) is 0 Å². The van der Waals surface area contributed by atoms with Crippen molar-refractivity contribution in [1.29, 1.82) is 0 Å². The largest absolute Gasteiger partial charge is 0.338 e. The van der Waals surface area contributed by atoms with Crippen LogP contribution in [-0.4, -0.2) is 11.8 Å². The first-order valence-electron chi connectivity index (χ1n) is 17.0. The van der Waals surface area contributed by atoms with Crippen molar-refractivity contribution in [2.45, 2.75) is 72.8 Å². The van der Waals surface area contributed by atoms with Gasteiger partial charge in [-0.1, -0.05) is 95.1 Å². The van der Waals surface area contributed by atoms with E-state index in [1.807, 2.05) is 0 Å². The van der Waals surface area contributed by atoms with E-state index in [4.69, 9.17) is 0 Å².